The Balaban J connectivity index is 0.000000250. The van der Waals surface area contributed by atoms with Crippen LogP contribution in [0.1, 0.15) is 53.4 Å². The van der Waals surface area contributed by atoms with E-state index in [1.807, 2.05) is 33.8 Å². The SMILES string of the molecule is CCC(CC)C(=O)/C=C(\O)C(CC)CC.[Ir].[c-]1ccc2c3c1c1nc4ccccc4cc1n(-c1ccccc1)c1cccc(c31)n2-c1ccccc1. The third-order valence-corrected chi connectivity index (χ3v) is 10.3. The van der Waals surface area contributed by atoms with Gasteiger partial charge in [0.2, 0.25) is 0 Å². The second-order valence-corrected chi connectivity index (χ2v) is 13.2. The van der Waals surface area contributed by atoms with Crippen molar-refractivity contribution in [2.24, 2.45) is 11.8 Å². The molecule has 1 N–H and O–H groups in total. The number of aliphatic hydroxyl groups is 1. The third-order valence-electron chi connectivity index (χ3n) is 10.3. The number of nitrogens with zero attached hydrogens (tertiary/aromatic N) is 3. The standard InChI is InChI=1S/C33H20N3.C13H24O2.Ir/c1-3-12-23(13-4-1)35-27-18-9-16-25-31(27)32-28(35)19-10-20-29(32)36(24-14-5-2-6-15-24)30-21-22-11-7-8-17-26(22)34-33(25)30;1-5-10(6-2)12(14)9-13(15)11(7-3)8-4;/h1-15,17-21H;9-11,14H,5-8H2,1-4H3;/q-1;;/b;12-9-;. The molecule has 0 aliphatic rings. The normalized spacial score (nSPS) is 11.8. The molecule has 0 atom stereocenters. The van der Waals surface area contributed by atoms with E-state index in [9.17, 15) is 9.90 Å². The molecule has 0 saturated heterocycles. The Morgan fingerprint density at radius 1 is 0.673 bits per heavy atom. The molecule has 3 aromatic heterocycles. The van der Waals surface area contributed by atoms with Crippen LogP contribution in [-0.4, -0.2) is 25.0 Å². The molecule has 0 unspecified atom stereocenters. The molecule has 0 aliphatic heterocycles. The zero-order valence-electron chi connectivity index (χ0n) is 30.1. The zero-order valence-corrected chi connectivity index (χ0v) is 32.5. The van der Waals surface area contributed by atoms with Gasteiger partial charge >= 0.3 is 0 Å². The molecule has 0 fully saturated rings. The van der Waals surface area contributed by atoms with Crippen LogP contribution in [0.3, 0.4) is 0 Å². The van der Waals surface area contributed by atoms with Gasteiger partial charge in [0.15, 0.2) is 5.78 Å². The van der Waals surface area contributed by atoms with Gasteiger partial charge in [0, 0.05) is 76.8 Å². The second kappa shape index (κ2) is 16.1. The molecule has 0 aliphatic carbocycles. The molecule has 8 rings (SSSR count). The van der Waals surface area contributed by atoms with Gasteiger partial charge in [-0.1, -0.05) is 93.7 Å². The van der Waals surface area contributed by atoms with E-state index in [0.29, 0.717) is 0 Å². The average molecular weight is 863 g/mol. The van der Waals surface area contributed by atoms with E-state index in [1.165, 1.54) is 22.4 Å². The number of para-hydroxylation sites is 3. The van der Waals surface area contributed by atoms with E-state index < -0.39 is 0 Å². The first kappa shape index (κ1) is 36.7. The van der Waals surface area contributed by atoms with E-state index in [4.69, 9.17) is 4.98 Å². The van der Waals surface area contributed by atoms with Gasteiger partial charge in [0.1, 0.15) is 0 Å². The number of aliphatic hydroxyl groups excluding tert-OH is 1. The summed E-state index contributed by atoms with van der Waals surface area (Å²) in [7, 11) is 0. The molecule has 3 heterocycles. The predicted molar refractivity (Wildman–Crippen MR) is 213 cm³/mol. The molecule has 5 nitrogen and oxygen atoms in total. The molecule has 0 spiro atoms. The molecule has 0 saturated carbocycles. The minimum atomic E-state index is 0. The van der Waals surface area contributed by atoms with Crippen LogP contribution in [0.25, 0.3) is 66.0 Å². The second-order valence-electron chi connectivity index (χ2n) is 13.2. The van der Waals surface area contributed by atoms with Crippen molar-refractivity contribution in [3.8, 4) is 11.4 Å². The molecule has 265 valence electrons. The van der Waals surface area contributed by atoms with E-state index >= 15 is 0 Å². The topological polar surface area (TPSA) is 60.0 Å². The van der Waals surface area contributed by atoms with Gasteiger partial charge in [-0.2, -0.15) is 0 Å². The third kappa shape index (κ3) is 6.69. The number of allylic oxidation sites excluding steroid dienone is 2. The van der Waals surface area contributed by atoms with Crippen LogP contribution < -0.4 is 0 Å². The van der Waals surface area contributed by atoms with Crippen molar-refractivity contribution in [3.05, 3.63) is 139 Å². The molecule has 5 aromatic carbocycles. The van der Waals surface area contributed by atoms with Gasteiger partial charge in [-0.3, -0.25) is 9.78 Å². The maximum absolute atomic E-state index is 11.7. The monoisotopic (exact) mass is 863 g/mol. The van der Waals surface area contributed by atoms with Crippen molar-refractivity contribution >= 4 is 60.4 Å². The summed E-state index contributed by atoms with van der Waals surface area (Å²) in [5, 5.41) is 14.3. The Labute approximate surface area is 319 Å². The first-order chi connectivity index (χ1) is 25.0. The summed E-state index contributed by atoms with van der Waals surface area (Å²) in [6.07, 6.45) is 4.91. The smallest absolute Gasteiger partial charge is 0.162 e. The molecular formula is C46H44IrN3O2-. The van der Waals surface area contributed by atoms with E-state index in [0.717, 1.165) is 75.4 Å². The number of ketones is 1. The Hall–Kier alpha value is -5.03. The quantitative estimate of drug-likeness (QED) is 0.0893. The van der Waals surface area contributed by atoms with Crippen LogP contribution in [-0.2, 0) is 24.9 Å². The zero-order chi connectivity index (χ0) is 35.5. The van der Waals surface area contributed by atoms with Gasteiger partial charge in [0.25, 0.3) is 0 Å². The van der Waals surface area contributed by atoms with Gasteiger partial charge in [-0.25, -0.2) is 0 Å². The minimum absolute atomic E-state index is 0. The Kier molecular flexibility index (Phi) is 11.4. The number of pyridine rings is 1. The van der Waals surface area contributed by atoms with Crippen molar-refractivity contribution in [2.75, 3.05) is 0 Å². The van der Waals surface area contributed by atoms with Crippen molar-refractivity contribution in [1.82, 2.24) is 14.1 Å². The summed E-state index contributed by atoms with van der Waals surface area (Å²) in [5.41, 5.74) is 8.74. The number of aromatic nitrogens is 3. The van der Waals surface area contributed by atoms with Crippen LogP contribution in [0.2, 0.25) is 0 Å². The molecule has 8 aromatic rings. The molecule has 0 amide bonds. The number of carbonyl (C=O) groups excluding carboxylic acids is 1. The minimum Gasteiger partial charge on any atom is -0.512 e. The molecular weight excluding hydrogens is 819 g/mol. The van der Waals surface area contributed by atoms with Crippen LogP contribution in [0, 0.1) is 17.9 Å². The molecule has 6 heteroatoms. The maximum atomic E-state index is 11.7. The summed E-state index contributed by atoms with van der Waals surface area (Å²) in [4.78, 5) is 17.0. The number of carbonyl (C=O) groups is 1. The van der Waals surface area contributed by atoms with Crippen LogP contribution in [0.15, 0.2) is 133 Å². The van der Waals surface area contributed by atoms with Crippen molar-refractivity contribution in [3.63, 3.8) is 0 Å². The molecule has 0 bridgehead atoms. The number of benzene rings is 5. The van der Waals surface area contributed by atoms with Crippen molar-refractivity contribution in [1.29, 1.82) is 0 Å². The van der Waals surface area contributed by atoms with E-state index in [2.05, 4.69) is 130 Å². The summed E-state index contributed by atoms with van der Waals surface area (Å²) >= 11 is 0. The van der Waals surface area contributed by atoms with Crippen LogP contribution >= 0.6 is 0 Å². The average Bonchev–Trinajstić information content (AvgIpc) is 3.46. The van der Waals surface area contributed by atoms with Crippen LogP contribution in [0.5, 0.6) is 0 Å². The van der Waals surface area contributed by atoms with E-state index in [1.54, 1.807) is 0 Å². The first-order valence-corrected chi connectivity index (χ1v) is 18.2. The van der Waals surface area contributed by atoms with Gasteiger partial charge in [0.05, 0.1) is 11.3 Å². The Morgan fingerprint density at radius 3 is 1.81 bits per heavy atom. The largest absolute Gasteiger partial charge is 0.512 e. The summed E-state index contributed by atoms with van der Waals surface area (Å²) in [6.45, 7) is 8.07. The van der Waals surface area contributed by atoms with Crippen molar-refractivity contribution < 1.29 is 30.0 Å². The summed E-state index contributed by atoms with van der Waals surface area (Å²) in [6, 6.07) is 46.2. The number of rotatable bonds is 9. The predicted octanol–water partition coefficient (Wildman–Crippen LogP) is 12.1. The van der Waals surface area contributed by atoms with Gasteiger partial charge < -0.3 is 14.2 Å². The maximum Gasteiger partial charge on any atom is 0.162 e. The summed E-state index contributed by atoms with van der Waals surface area (Å²) in [5.74, 6) is 0.547. The fourth-order valence-electron chi connectivity index (χ4n) is 7.48. The Morgan fingerprint density at radius 2 is 1.21 bits per heavy atom. The van der Waals surface area contributed by atoms with Gasteiger partial charge in [-0.15, -0.1) is 23.6 Å². The summed E-state index contributed by atoms with van der Waals surface area (Å²) < 4.78 is 4.72. The van der Waals surface area contributed by atoms with Crippen LogP contribution in [0.4, 0.5) is 0 Å². The van der Waals surface area contributed by atoms with E-state index in [-0.39, 0.29) is 43.5 Å². The fraction of sp³-hybridized carbons (Fsp3) is 0.217. The molecule has 52 heavy (non-hydrogen) atoms. The van der Waals surface area contributed by atoms with Gasteiger partial charge in [-0.05, 0) is 85.1 Å². The first-order valence-electron chi connectivity index (χ1n) is 18.2. The number of hydrogen-bond donors (Lipinski definition) is 1. The van der Waals surface area contributed by atoms with Crippen molar-refractivity contribution in [2.45, 2.75) is 53.4 Å². The fourth-order valence-corrected chi connectivity index (χ4v) is 7.48. The Bertz CT molecular complexity index is 2510. The number of fused-ring (bicyclic) bond motifs is 3. The molecule has 1 radical (unpaired) electrons. The number of hydrogen-bond acceptors (Lipinski definition) is 3.